The zero-order valence-electron chi connectivity index (χ0n) is 19.5. The smallest absolute Gasteiger partial charge is 0.232 e. The average molecular weight is 463 g/mol. The molecule has 0 aliphatic carbocycles. The second kappa shape index (κ2) is 11.8. The SMILES string of the molecule is COc1ccc([C@@H](CC(C)C)NC(=O)CCCN(c2ccc(OC)cc2)S(C)(=O)=O)cc1. The lowest BCUT2D eigenvalue weighted by Gasteiger charge is -2.24. The fourth-order valence-corrected chi connectivity index (χ4v) is 4.44. The van der Waals surface area contributed by atoms with Crippen LogP contribution in [-0.4, -0.2) is 41.3 Å². The topological polar surface area (TPSA) is 84.9 Å². The average Bonchev–Trinajstić information content (AvgIpc) is 2.75. The van der Waals surface area contributed by atoms with Gasteiger partial charge in [0.25, 0.3) is 0 Å². The van der Waals surface area contributed by atoms with Crippen molar-refractivity contribution < 1.29 is 22.7 Å². The predicted octanol–water partition coefficient (Wildman–Crippen LogP) is 4.15. The lowest BCUT2D eigenvalue weighted by Crippen LogP contribution is -2.33. The van der Waals surface area contributed by atoms with Crippen LogP contribution < -0.4 is 19.1 Å². The van der Waals surface area contributed by atoms with Crippen molar-refractivity contribution in [3.63, 3.8) is 0 Å². The molecule has 2 aromatic carbocycles. The third kappa shape index (κ3) is 7.75. The van der Waals surface area contributed by atoms with E-state index in [0.717, 1.165) is 17.7 Å². The van der Waals surface area contributed by atoms with Gasteiger partial charge in [-0.1, -0.05) is 26.0 Å². The van der Waals surface area contributed by atoms with E-state index in [1.807, 2.05) is 24.3 Å². The number of anilines is 1. The third-order valence-electron chi connectivity index (χ3n) is 5.09. The Hall–Kier alpha value is -2.74. The fraction of sp³-hybridized carbons (Fsp3) is 0.458. The quantitative estimate of drug-likeness (QED) is 0.512. The Balaban J connectivity index is 2.00. The Bertz CT molecular complexity index is 957. The summed E-state index contributed by atoms with van der Waals surface area (Å²) in [5.41, 5.74) is 1.56. The largest absolute Gasteiger partial charge is 0.497 e. The summed E-state index contributed by atoms with van der Waals surface area (Å²) in [6.45, 7) is 4.44. The number of nitrogens with one attached hydrogen (secondary N) is 1. The summed E-state index contributed by atoms with van der Waals surface area (Å²) in [7, 11) is -0.300. The fourth-order valence-electron chi connectivity index (χ4n) is 3.47. The van der Waals surface area contributed by atoms with Crippen LogP contribution in [0.5, 0.6) is 11.5 Å². The number of nitrogens with zero attached hydrogens (tertiary/aromatic N) is 1. The van der Waals surface area contributed by atoms with E-state index < -0.39 is 10.0 Å². The van der Waals surface area contributed by atoms with E-state index in [9.17, 15) is 13.2 Å². The van der Waals surface area contributed by atoms with Gasteiger partial charge >= 0.3 is 0 Å². The number of sulfonamides is 1. The number of methoxy groups -OCH3 is 2. The zero-order valence-corrected chi connectivity index (χ0v) is 20.3. The number of rotatable bonds is 12. The van der Waals surface area contributed by atoms with Crippen molar-refractivity contribution in [2.24, 2.45) is 5.92 Å². The number of carbonyl (C=O) groups is 1. The molecular weight excluding hydrogens is 428 g/mol. The van der Waals surface area contributed by atoms with E-state index in [-0.39, 0.29) is 24.9 Å². The third-order valence-corrected chi connectivity index (χ3v) is 6.28. The minimum atomic E-state index is -3.48. The highest BCUT2D eigenvalue weighted by Crippen LogP contribution is 2.24. The molecule has 2 aromatic rings. The number of hydrogen-bond acceptors (Lipinski definition) is 5. The summed E-state index contributed by atoms with van der Waals surface area (Å²) in [6, 6.07) is 14.4. The Kier molecular flexibility index (Phi) is 9.38. The van der Waals surface area contributed by atoms with E-state index in [1.54, 1.807) is 38.5 Å². The van der Waals surface area contributed by atoms with Crippen molar-refractivity contribution in [2.75, 3.05) is 31.3 Å². The molecule has 8 heteroatoms. The van der Waals surface area contributed by atoms with Crippen LogP contribution in [0.4, 0.5) is 5.69 Å². The molecule has 2 rings (SSSR count). The van der Waals surface area contributed by atoms with Crippen LogP contribution in [-0.2, 0) is 14.8 Å². The molecule has 0 saturated carbocycles. The van der Waals surface area contributed by atoms with Crippen LogP contribution in [0.15, 0.2) is 48.5 Å². The number of benzene rings is 2. The predicted molar refractivity (Wildman–Crippen MR) is 128 cm³/mol. The van der Waals surface area contributed by atoms with Crippen LogP contribution in [0.3, 0.4) is 0 Å². The van der Waals surface area contributed by atoms with Gasteiger partial charge in [0.1, 0.15) is 11.5 Å². The molecule has 1 amide bonds. The maximum Gasteiger partial charge on any atom is 0.232 e. The van der Waals surface area contributed by atoms with Crippen molar-refractivity contribution in [1.29, 1.82) is 0 Å². The molecule has 7 nitrogen and oxygen atoms in total. The van der Waals surface area contributed by atoms with Crippen molar-refractivity contribution in [2.45, 2.75) is 39.2 Å². The summed E-state index contributed by atoms with van der Waals surface area (Å²) >= 11 is 0. The summed E-state index contributed by atoms with van der Waals surface area (Å²) in [5, 5.41) is 3.11. The first kappa shape index (κ1) is 25.5. The number of carbonyl (C=O) groups excluding carboxylic acids is 1. The Morgan fingerprint density at radius 2 is 1.50 bits per heavy atom. The first-order valence-electron chi connectivity index (χ1n) is 10.7. The molecule has 0 unspecified atom stereocenters. The maximum absolute atomic E-state index is 12.7. The highest BCUT2D eigenvalue weighted by atomic mass is 32.2. The first-order valence-corrected chi connectivity index (χ1v) is 12.5. The van der Waals surface area contributed by atoms with Crippen LogP contribution in [0, 0.1) is 5.92 Å². The van der Waals surface area contributed by atoms with Crippen LogP contribution in [0.25, 0.3) is 0 Å². The standard InChI is InChI=1S/C24H34N2O5S/c1-18(2)17-23(19-8-12-21(30-3)13-9-19)25-24(27)7-6-16-26(32(5,28)29)20-10-14-22(31-4)15-11-20/h8-15,18,23H,6-7,16-17H2,1-5H3,(H,25,27)/t23-/m1/s1. The van der Waals surface area contributed by atoms with Gasteiger partial charge in [0.05, 0.1) is 32.2 Å². The van der Waals surface area contributed by atoms with Gasteiger partial charge in [-0.15, -0.1) is 0 Å². The summed E-state index contributed by atoms with van der Waals surface area (Å²) in [6.07, 6.45) is 2.61. The van der Waals surface area contributed by atoms with E-state index in [0.29, 0.717) is 23.8 Å². The summed E-state index contributed by atoms with van der Waals surface area (Å²) < 4.78 is 36.2. The van der Waals surface area contributed by atoms with E-state index in [4.69, 9.17) is 9.47 Å². The molecule has 176 valence electrons. The summed E-state index contributed by atoms with van der Waals surface area (Å²) in [4.78, 5) is 12.7. The zero-order chi connectivity index (χ0) is 23.7. The minimum absolute atomic E-state index is 0.102. The molecule has 0 bridgehead atoms. The number of hydrogen-bond donors (Lipinski definition) is 1. The number of amides is 1. The summed E-state index contributed by atoms with van der Waals surface area (Å²) in [5.74, 6) is 1.71. The van der Waals surface area contributed by atoms with Gasteiger partial charge in [0.2, 0.25) is 15.9 Å². The second-order valence-electron chi connectivity index (χ2n) is 8.16. The van der Waals surface area contributed by atoms with Gasteiger partial charge in [-0.2, -0.15) is 0 Å². The van der Waals surface area contributed by atoms with Gasteiger partial charge in [0, 0.05) is 13.0 Å². The van der Waals surface area contributed by atoms with Gasteiger partial charge < -0.3 is 14.8 Å². The molecule has 32 heavy (non-hydrogen) atoms. The molecule has 0 heterocycles. The molecule has 0 fully saturated rings. The molecule has 0 aliphatic rings. The van der Waals surface area contributed by atoms with Gasteiger partial charge in [0.15, 0.2) is 0 Å². The number of ether oxygens (including phenoxy) is 2. The van der Waals surface area contributed by atoms with Gasteiger partial charge in [-0.3, -0.25) is 9.10 Å². The van der Waals surface area contributed by atoms with E-state index >= 15 is 0 Å². The Morgan fingerprint density at radius 3 is 1.97 bits per heavy atom. The molecule has 0 aromatic heterocycles. The highest BCUT2D eigenvalue weighted by molar-refractivity contribution is 7.92. The van der Waals surface area contributed by atoms with Crippen molar-refractivity contribution >= 4 is 21.6 Å². The normalized spacial score (nSPS) is 12.3. The Morgan fingerprint density at radius 1 is 0.969 bits per heavy atom. The van der Waals surface area contributed by atoms with E-state index in [1.165, 1.54) is 10.6 Å². The monoisotopic (exact) mass is 462 g/mol. The van der Waals surface area contributed by atoms with Gasteiger partial charge in [-0.25, -0.2) is 8.42 Å². The van der Waals surface area contributed by atoms with Gasteiger partial charge in [-0.05, 0) is 60.7 Å². The minimum Gasteiger partial charge on any atom is -0.497 e. The molecule has 1 atom stereocenters. The van der Waals surface area contributed by atoms with Crippen molar-refractivity contribution in [3.8, 4) is 11.5 Å². The van der Waals surface area contributed by atoms with E-state index in [2.05, 4.69) is 19.2 Å². The van der Waals surface area contributed by atoms with Crippen molar-refractivity contribution in [3.05, 3.63) is 54.1 Å². The Labute approximate surface area is 191 Å². The van der Waals surface area contributed by atoms with Crippen molar-refractivity contribution in [1.82, 2.24) is 5.32 Å². The molecular formula is C24H34N2O5S. The van der Waals surface area contributed by atoms with Crippen LogP contribution >= 0.6 is 0 Å². The molecule has 0 spiro atoms. The van der Waals surface area contributed by atoms with Crippen LogP contribution in [0.1, 0.15) is 44.7 Å². The molecule has 0 aliphatic heterocycles. The first-order chi connectivity index (χ1) is 15.1. The molecule has 0 radical (unpaired) electrons. The lowest BCUT2D eigenvalue weighted by molar-refractivity contribution is -0.122. The highest BCUT2D eigenvalue weighted by Gasteiger charge is 2.19. The maximum atomic E-state index is 12.7. The lowest BCUT2D eigenvalue weighted by atomic mass is 9.96. The molecule has 1 N–H and O–H groups in total. The van der Waals surface area contributed by atoms with Crippen LogP contribution in [0.2, 0.25) is 0 Å². The molecule has 0 saturated heterocycles. The second-order valence-corrected chi connectivity index (χ2v) is 10.1.